The number of halogens is 4. The number of piperidine rings is 2. The van der Waals surface area contributed by atoms with Gasteiger partial charge in [-0.3, -0.25) is 9.59 Å². The fourth-order valence-electron chi connectivity index (χ4n) is 6.10. The summed E-state index contributed by atoms with van der Waals surface area (Å²) in [4.78, 5) is 36.9. The fourth-order valence-corrected chi connectivity index (χ4v) is 6.10. The van der Waals surface area contributed by atoms with E-state index in [1.54, 1.807) is 4.90 Å². The number of carbonyl (C=O) groups excluding carboxylic acids is 2. The highest BCUT2D eigenvalue weighted by Crippen LogP contribution is 2.38. The van der Waals surface area contributed by atoms with Gasteiger partial charge in [-0.05, 0) is 74.8 Å². The molecule has 1 saturated carbocycles. The number of H-pyrrole nitrogens is 1. The Morgan fingerprint density at radius 1 is 0.950 bits per heavy atom. The van der Waals surface area contributed by atoms with Crippen molar-refractivity contribution < 1.29 is 31.9 Å². The molecule has 1 aliphatic carbocycles. The zero-order valence-corrected chi connectivity index (χ0v) is 21.8. The molecule has 2 aliphatic heterocycles. The van der Waals surface area contributed by atoms with Gasteiger partial charge in [-0.25, -0.2) is 9.37 Å². The average molecular weight is 559 g/mol. The first-order chi connectivity index (χ1) is 19.2. The Morgan fingerprint density at radius 3 is 2.35 bits per heavy atom. The minimum absolute atomic E-state index is 0.111. The van der Waals surface area contributed by atoms with E-state index in [9.17, 15) is 22.8 Å². The molecule has 6 rings (SSSR count). The van der Waals surface area contributed by atoms with Crippen molar-refractivity contribution in [3.63, 3.8) is 0 Å². The number of amides is 2. The highest BCUT2D eigenvalue weighted by molar-refractivity contribution is 5.94. The molecule has 0 radical (unpaired) electrons. The van der Waals surface area contributed by atoms with Crippen molar-refractivity contribution >= 4 is 22.8 Å². The van der Waals surface area contributed by atoms with Crippen LogP contribution in [0.4, 0.5) is 17.6 Å². The maximum absolute atomic E-state index is 15.2. The van der Waals surface area contributed by atoms with Gasteiger partial charge in [0.15, 0.2) is 0 Å². The minimum Gasteiger partial charge on any atom is -0.406 e. The summed E-state index contributed by atoms with van der Waals surface area (Å²) in [5.41, 5.74) is 2.45. The first kappa shape index (κ1) is 26.6. The molecule has 212 valence electrons. The Bertz CT molecular complexity index is 1410. The van der Waals surface area contributed by atoms with Crippen LogP contribution in [0, 0.1) is 11.7 Å². The molecule has 1 aromatic carbocycles. The summed E-state index contributed by atoms with van der Waals surface area (Å²) in [6.07, 6.45) is 1.37. The van der Waals surface area contributed by atoms with Crippen molar-refractivity contribution in [3.8, 4) is 5.75 Å². The van der Waals surface area contributed by atoms with E-state index in [0.717, 1.165) is 55.4 Å². The second kappa shape index (κ2) is 10.4. The van der Waals surface area contributed by atoms with Crippen molar-refractivity contribution in [2.24, 2.45) is 5.92 Å². The third kappa shape index (κ3) is 5.51. The summed E-state index contributed by atoms with van der Waals surface area (Å²) < 4.78 is 56.3. The van der Waals surface area contributed by atoms with Crippen molar-refractivity contribution in [3.05, 3.63) is 59.2 Å². The van der Waals surface area contributed by atoms with E-state index in [-0.39, 0.29) is 46.7 Å². The zero-order valence-electron chi connectivity index (χ0n) is 21.8. The Balaban J connectivity index is 1.14. The monoisotopic (exact) mass is 558 g/mol. The number of nitrogens with one attached hydrogen (secondary N) is 1. The lowest BCUT2D eigenvalue weighted by Crippen LogP contribution is -2.40. The van der Waals surface area contributed by atoms with Gasteiger partial charge in [0.2, 0.25) is 5.91 Å². The van der Waals surface area contributed by atoms with Crippen molar-refractivity contribution in [1.82, 2.24) is 19.8 Å². The van der Waals surface area contributed by atoms with Gasteiger partial charge in [0.05, 0.1) is 6.20 Å². The number of benzene rings is 1. The second-order valence-electron chi connectivity index (χ2n) is 11.0. The molecule has 7 nitrogen and oxygen atoms in total. The number of nitrogens with zero attached hydrogens (tertiary/aromatic N) is 3. The summed E-state index contributed by atoms with van der Waals surface area (Å²) in [6.45, 7) is 2.23. The van der Waals surface area contributed by atoms with E-state index in [1.807, 2.05) is 11.0 Å². The van der Waals surface area contributed by atoms with E-state index < -0.39 is 6.36 Å². The smallest absolute Gasteiger partial charge is 0.406 e. The lowest BCUT2D eigenvalue weighted by atomic mass is 9.87. The number of aromatic nitrogens is 2. The van der Waals surface area contributed by atoms with Crippen LogP contribution >= 0.6 is 0 Å². The fraction of sp³-hybridized carbons (Fsp3) is 0.483. The van der Waals surface area contributed by atoms with Gasteiger partial charge >= 0.3 is 6.36 Å². The molecule has 11 heteroatoms. The van der Waals surface area contributed by atoms with E-state index >= 15 is 4.39 Å². The molecule has 1 atom stereocenters. The number of pyridine rings is 1. The molecule has 0 spiro atoms. The number of carbonyl (C=O) groups is 2. The Labute approximate surface area is 228 Å². The highest BCUT2D eigenvalue weighted by atomic mass is 19.4. The van der Waals surface area contributed by atoms with E-state index in [4.69, 9.17) is 0 Å². The van der Waals surface area contributed by atoms with E-state index in [2.05, 4.69) is 14.7 Å². The lowest BCUT2D eigenvalue weighted by Gasteiger charge is -2.33. The molecule has 2 amide bonds. The lowest BCUT2D eigenvalue weighted by molar-refractivity contribution is -0.274. The molecule has 1 unspecified atom stereocenters. The summed E-state index contributed by atoms with van der Waals surface area (Å²) in [7, 11) is 0. The number of rotatable bonds is 5. The molecule has 2 aromatic heterocycles. The van der Waals surface area contributed by atoms with Gasteiger partial charge in [-0.1, -0.05) is 0 Å². The number of ether oxygens (including phenoxy) is 1. The highest BCUT2D eigenvalue weighted by Gasteiger charge is 2.36. The minimum atomic E-state index is -4.80. The number of fused-ring (bicyclic) bond motifs is 1. The number of alkyl halides is 3. The average Bonchev–Trinajstić information content (AvgIpc) is 3.70. The molecule has 3 aliphatic rings. The summed E-state index contributed by atoms with van der Waals surface area (Å²) in [5, 5.41) is 0.741. The molecule has 4 heterocycles. The van der Waals surface area contributed by atoms with Gasteiger partial charge < -0.3 is 19.5 Å². The van der Waals surface area contributed by atoms with E-state index in [1.165, 1.54) is 18.3 Å². The van der Waals surface area contributed by atoms with Crippen LogP contribution < -0.4 is 4.74 Å². The number of aromatic amines is 1. The largest absolute Gasteiger partial charge is 0.573 e. The van der Waals surface area contributed by atoms with Gasteiger partial charge in [-0.2, -0.15) is 0 Å². The second-order valence-corrected chi connectivity index (χ2v) is 11.0. The molecule has 3 fully saturated rings. The van der Waals surface area contributed by atoms with Crippen LogP contribution in [-0.2, 0) is 4.79 Å². The topological polar surface area (TPSA) is 78.5 Å². The van der Waals surface area contributed by atoms with Crippen molar-refractivity contribution in [2.45, 2.75) is 56.7 Å². The predicted octanol–water partition coefficient (Wildman–Crippen LogP) is 5.74. The Morgan fingerprint density at radius 2 is 1.68 bits per heavy atom. The van der Waals surface area contributed by atoms with Gasteiger partial charge in [0.25, 0.3) is 5.91 Å². The molecule has 3 aromatic rings. The van der Waals surface area contributed by atoms with Gasteiger partial charge in [0.1, 0.15) is 17.2 Å². The van der Waals surface area contributed by atoms with Gasteiger partial charge in [-0.15, -0.1) is 13.2 Å². The molecule has 2 saturated heterocycles. The van der Waals surface area contributed by atoms with Crippen LogP contribution in [0.1, 0.15) is 72.0 Å². The van der Waals surface area contributed by atoms with Gasteiger partial charge in [0, 0.05) is 60.2 Å². The van der Waals surface area contributed by atoms with Crippen LogP contribution in [0.3, 0.4) is 0 Å². The number of hydrogen-bond donors (Lipinski definition) is 1. The molecular formula is C29H30F4N4O3. The first-order valence-electron chi connectivity index (χ1n) is 13.8. The molecular weight excluding hydrogens is 528 g/mol. The predicted molar refractivity (Wildman–Crippen MR) is 138 cm³/mol. The quantitative estimate of drug-likeness (QED) is 0.406. The molecule has 1 N–H and O–H groups in total. The molecule has 0 bridgehead atoms. The van der Waals surface area contributed by atoms with Crippen molar-refractivity contribution in [1.29, 1.82) is 0 Å². The van der Waals surface area contributed by atoms with Crippen LogP contribution in [0.2, 0.25) is 0 Å². The third-order valence-corrected chi connectivity index (χ3v) is 8.30. The molecule has 40 heavy (non-hydrogen) atoms. The SMILES string of the molecule is O=C(c1ccc(OC(F)(F)F)cc1)N1CCC(c2c(F)cnc3[nH]c(C4CCCN(C(=O)C5CC5)C4)cc23)CC1. The third-order valence-electron chi connectivity index (χ3n) is 8.30. The van der Waals surface area contributed by atoms with Crippen LogP contribution in [0.15, 0.2) is 36.5 Å². The zero-order chi connectivity index (χ0) is 28.0. The summed E-state index contributed by atoms with van der Waals surface area (Å²) in [5.74, 6) is -0.585. The van der Waals surface area contributed by atoms with Crippen molar-refractivity contribution in [2.75, 3.05) is 26.2 Å². The maximum atomic E-state index is 15.2. The standard InChI is InChI=1S/C29H30F4N4O3/c30-23-15-34-26-22(14-24(35-26)20-2-1-11-37(16-20)28(39)18-3-4-18)25(23)17-9-12-36(13-10-17)27(38)19-5-7-21(8-6-19)40-29(31,32)33/h5-8,14-15,17-18,20H,1-4,9-13,16H2,(H,34,35). The number of likely N-dealkylation sites (tertiary alicyclic amines) is 2. The first-order valence-corrected chi connectivity index (χ1v) is 13.8. The van der Waals surface area contributed by atoms with Crippen LogP contribution in [0.5, 0.6) is 5.75 Å². The van der Waals surface area contributed by atoms with Crippen LogP contribution in [-0.4, -0.2) is 64.1 Å². The summed E-state index contributed by atoms with van der Waals surface area (Å²) in [6, 6.07) is 6.85. The van der Waals surface area contributed by atoms with E-state index in [0.29, 0.717) is 43.7 Å². The maximum Gasteiger partial charge on any atom is 0.573 e. The summed E-state index contributed by atoms with van der Waals surface area (Å²) >= 11 is 0. The van der Waals surface area contributed by atoms with Crippen LogP contribution in [0.25, 0.3) is 11.0 Å². The normalized spacial score (nSPS) is 20.6. The number of hydrogen-bond acceptors (Lipinski definition) is 4. The Kier molecular flexibility index (Phi) is 6.92. The Hall–Kier alpha value is -3.63.